The summed E-state index contributed by atoms with van der Waals surface area (Å²) in [5.74, 6) is -0.637. The third-order valence-corrected chi connectivity index (χ3v) is 6.57. The Kier molecular flexibility index (Phi) is 4.28. The van der Waals surface area contributed by atoms with Crippen molar-refractivity contribution in [3.05, 3.63) is 107 Å². The van der Waals surface area contributed by atoms with E-state index in [4.69, 9.17) is 0 Å². The van der Waals surface area contributed by atoms with Gasteiger partial charge >= 0.3 is 0 Å². The number of hydrogen-bond donors (Lipinski definition) is 1. The molecule has 2 atom stereocenters. The molecule has 0 saturated carbocycles. The molecule has 0 bridgehead atoms. The molecule has 0 radical (unpaired) electrons. The number of pyridine rings is 1. The van der Waals surface area contributed by atoms with E-state index in [1.54, 1.807) is 6.20 Å². The van der Waals surface area contributed by atoms with E-state index in [-0.39, 0.29) is 17.9 Å². The molecule has 5 heteroatoms. The molecule has 3 aromatic carbocycles. The van der Waals surface area contributed by atoms with Crippen molar-refractivity contribution in [3.8, 4) is 0 Å². The monoisotopic (exact) mass is 419 g/mol. The molecule has 6 rings (SSSR count). The Morgan fingerprint density at radius 3 is 2.59 bits per heavy atom. The maximum Gasteiger partial charge on any atom is 0.254 e. The molecular weight excluding hydrogens is 398 g/mol. The first-order chi connectivity index (χ1) is 15.7. The number of hydrogen-bond acceptors (Lipinski definition) is 3. The number of fused-ring (bicyclic) bond motifs is 5. The summed E-state index contributed by atoms with van der Waals surface area (Å²) in [4.78, 5) is 33.4. The molecule has 32 heavy (non-hydrogen) atoms. The van der Waals surface area contributed by atoms with Crippen LogP contribution in [0.2, 0.25) is 0 Å². The van der Waals surface area contributed by atoms with Gasteiger partial charge in [0.05, 0.1) is 29.4 Å². The fourth-order valence-electron chi connectivity index (χ4n) is 5.12. The predicted octanol–water partition coefficient (Wildman–Crippen LogP) is 4.71. The molecule has 0 spiro atoms. The molecule has 5 nitrogen and oxygen atoms in total. The first kappa shape index (κ1) is 18.8. The molecular formula is C27H21N3O2. The number of carbonyl (C=O) groups excluding carboxylic acids is 2. The average Bonchev–Trinajstić information content (AvgIpc) is 2.84. The Morgan fingerprint density at radius 1 is 0.938 bits per heavy atom. The van der Waals surface area contributed by atoms with Gasteiger partial charge in [-0.15, -0.1) is 0 Å². The number of nitrogens with one attached hydrogen (secondary N) is 1. The Bertz CT molecular complexity index is 1380. The fourth-order valence-corrected chi connectivity index (χ4v) is 5.12. The summed E-state index contributed by atoms with van der Waals surface area (Å²) in [6.07, 6.45) is 2.48. The number of benzene rings is 3. The first-order valence-electron chi connectivity index (χ1n) is 10.8. The maximum absolute atomic E-state index is 13.8. The lowest BCUT2D eigenvalue weighted by Gasteiger charge is -2.45. The summed E-state index contributed by atoms with van der Waals surface area (Å²) in [6.45, 7) is 0.607. The van der Waals surface area contributed by atoms with Crippen LogP contribution in [0, 0.1) is 0 Å². The highest BCUT2D eigenvalue weighted by Crippen LogP contribution is 2.46. The van der Waals surface area contributed by atoms with Crippen LogP contribution in [0.3, 0.4) is 0 Å². The Morgan fingerprint density at radius 2 is 1.69 bits per heavy atom. The molecule has 2 aliphatic rings. The van der Waals surface area contributed by atoms with Crippen LogP contribution in [0.5, 0.6) is 0 Å². The van der Waals surface area contributed by atoms with E-state index in [1.165, 1.54) is 5.56 Å². The lowest BCUT2D eigenvalue weighted by molar-refractivity contribution is -0.119. The lowest BCUT2D eigenvalue weighted by Crippen LogP contribution is -2.49. The minimum absolute atomic E-state index is 0.00322. The van der Waals surface area contributed by atoms with Crippen LogP contribution in [-0.4, -0.2) is 28.2 Å². The zero-order chi connectivity index (χ0) is 21.7. The number of amides is 2. The summed E-state index contributed by atoms with van der Waals surface area (Å²) in [5.41, 5.74) is 5.18. The fraction of sp³-hybridized carbons (Fsp3) is 0.148. The second-order valence-electron chi connectivity index (χ2n) is 8.36. The summed E-state index contributed by atoms with van der Waals surface area (Å²) < 4.78 is 0. The molecule has 0 saturated heterocycles. The van der Waals surface area contributed by atoms with Crippen molar-refractivity contribution in [1.29, 1.82) is 0 Å². The van der Waals surface area contributed by atoms with Crippen molar-refractivity contribution >= 4 is 28.4 Å². The molecule has 2 amide bonds. The summed E-state index contributed by atoms with van der Waals surface area (Å²) in [6, 6.07) is 25.1. The number of para-hydroxylation sites is 1. The van der Waals surface area contributed by atoms with Crippen LogP contribution in [0.4, 0.5) is 5.69 Å². The Hall–Kier alpha value is -3.99. The van der Waals surface area contributed by atoms with Crippen LogP contribution in [-0.2, 0) is 11.2 Å². The molecule has 2 unspecified atom stereocenters. The van der Waals surface area contributed by atoms with Gasteiger partial charge in [0, 0.05) is 17.5 Å². The van der Waals surface area contributed by atoms with E-state index in [0.29, 0.717) is 17.8 Å². The number of nitrogens with zero attached hydrogens (tertiary/aromatic N) is 2. The zero-order valence-electron chi connectivity index (χ0n) is 17.4. The zero-order valence-corrected chi connectivity index (χ0v) is 17.4. The number of anilines is 1. The number of aromatic nitrogens is 1. The lowest BCUT2D eigenvalue weighted by atomic mass is 9.76. The van der Waals surface area contributed by atoms with Gasteiger partial charge in [0.15, 0.2) is 0 Å². The van der Waals surface area contributed by atoms with Crippen LogP contribution in [0.25, 0.3) is 10.9 Å². The predicted molar refractivity (Wildman–Crippen MR) is 123 cm³/mol. The largest absolute Gasteiger partial charge is 0.330 e. The van der Waals surface area contributed by atoms with E-state index in [1.807, 2.05) is 77.7 Å². The number of rotatable bonds is 2. The minimum Gasteiger partial charge on any atom is -0.330 e. The van der Waals surface area contributed by atoms with Crippen molar-refractivity contribution in [2.75, 3.05) is 11.9 Å². The quantitative estimate of drug-likeness (QED) is 0.512. The highest BCUT2D eigenvalue weighted by atomic mass is 16.2. The standard InChI is InChI=1S/C27H21N3O2/c31-26(29-19-15-18-8-2-6-12-23(18)28-16-19)24-21-10-4-5-11-22(21)27(32)30-14-13-17-7-1-3-9-20(17)25(24)30/h1-12,15-16,24-25H,13-14H2,(H,29,31). The summed E-state index contributed by atoms with van der Waals surface area (Å²) >= 11 is 0. The molecule has 0 fully saturated rings. The van der Waals surface area contributed by atoms with Crippen molar-refractivity contribution in [3.63, 3.8) is 0 Å². The van der Waals surface area contributed by atoms with Crippen molar-refractivity contribution in [1.82, 2.24) is 9.88 Å². The number of carbonyl (C=O) groups is 2. The first-order valence-corrected chi connectivity index (χ1v) is 10.8. The van der Waals surface area contributed by atoms with E-state index < -0.39 is 5.92 Å². The summed E-state index contributed by atoms with van der Waals surface area (Å²) in [5, 5.41) is 4.05. The molecule has 2 aliphatic heterocycles. The van der Waals surface area contributed by atoms with Gasteiger partial charge in [0.25, 0.3) is 5.91 Å². The third-order valence-electron chi connectivity index (χ3n) is 6.57. The van der Waals surface area contributed by atoms with Gasteiger partial charge in [-0.05, 0) is 41.3 Å². The molecule has 1 N–H and O–H groups in total. The van der Waals surface area contributed by atoms with E-state index in [0.717, 1.165) is 28.5 Å². The molecule has 1 aromatic heterocycles. The Balaban J connectivity index is 1.45. The topological polar surface area (TPSA) is 62.3 Å². The highest BCUT2D eigenvalue weighted by Gasteiger charge is 2.46. The molecule has 3 heterocycles. The SMILES string of the molecule is O=C(Nc1cnc2ccccc2c1)C1c2ccccc2C(=O)N2CCc3ccccc3C12. The smallest absolute Gasteiger partial charge is 0.254 e. The van der Waals surface area contributed by atoms with E-state index in [2.05, 4.69) is 16.4 Å². The second-order valence-corrected chi connectivity index (χ2v) is 8.36. The van der Waals surface area contributed by atoms with E-state index >= 15 is 0 Å². The van der Waals surface area contributed by atoms with Gasteiger partial charge < -0.3 is 10.2 Å². The second kappa shape index (κ2) is 7.31. The van der Waals surface area contributed by atoms with Gasteiger partial charge in [-0.2, -0.15) is 0 Å². The van der Waals surface area contributed by atoms with Gasteiger partial charge in [-0.3, -0.25) is 14.6 Å². The van der Waals surface area contributed by atoms with Gasteiger partial charge in [-0.25, -0.2) is 0 Å². The summed E-state index contributed by atoms with van der Waals surface area (Å²) in [7, 11) is 0. The molecule has 156 valence electrons. The van der Waals surface area contributed by atoms with Gasteiger partial charge in [0.2, 0.25) is 5.91 Å². The van der Waals surface area contributed by atoms with Gasteiger partial charge in [0.1, 0.15) is 0 Å². The van der Waals surface area contributed by atoms with Crippen LogP contribution >= 0.6 is 0 Å². The van der Waals surface area contributed by atoms with Crippen LogP contribution in [0.1, 0.15) is 39.0 Å². The van der Waals surface area contributed by atoms with Gasteiger partial charge in [-0.1, -0.05) is 60.7 Å². The molecule has 0 aliphatic carbocycles. The van der Waals surface area contributed by atoms with Crippen LogP contribution in [0.15, 0.2) is 85.1 Å². The van der Waals surface area contributed by atoms with Crippen molar-refractivity contribution in [2.24, 2.45) is 0 Å². The third kappa shape index (κ3) is 2.89. The molecule has 4 aromatic rings. The minimum atomic E-state index is -0.503. The van der Waals surface area contributed by atoms with Crippen molar-refractivity contribution < 1.29 is 9.59 Å². The van der Waals surface area contributed by atoms with E-state index in [9.17, 15) is 9.59 Å². The highest BCUT2D eigenvalue weighted by molar-refractivity contribution is 6.05. The van der Waals surface area contributed by atoms with Crippen molar-refractivity contribution in [2.45, 2.75) is 18.4 Å². The Labute approximate surface area is 185 Å². The normalized spacial score (nSPS) is 19.1. The maximum atomic E-state index is 13.8. The average molecular weight is 419 g/mol. The van der Waals surface area contributed by atoms with Crippen LogP contribution < -0.4 is 5.32 Å².